The molecule has 7 heteroatoms. The minimum Gasteiger partial charge on any atom is -0.367 e. The van der Waals surface area contributed by atoms with Crippen LogP contribution in [0.15, 0.2) is 24.1 Å². The molecule has 1 saturated heterocycles. The topological polar surface area (TPSA) is 56.1 Å². The van der Waals surface area contributed by atoms with Crippen molar-refractivity contribution in [2.24, 2.45) is 7.05 Å². The highest BCUT2D eigenvalue weighted by Gasteiger charge is 2.48. The van der Waals surface area contributed by atoms with Gasteiger partial charge in [0.2, 0.25) is 0 Å². The molecule has 0 radical (unpaired) electrons. The molecule has 1 aliphatic rings. The maximum Gasteiger partial charge on any atom is 0.160 e. The van der Waals surface area contributed by atoms with Crippen LogP contribution in [0.1, 0.15) is 11.4 Å². The van der Waals surface area contributed by atoms with Crippen molar-refractivity contribution in [1.82, 2.24) is 19.5 Å². The van der Waals surface area contributed by atoms with E-state index in [4.69, 9.17) is 4.74 Å². The second-order valence-electron chi connectivity index (χ2n) is 5.71. The van der Waals surface area contributed by atoms with Crippen LogP contribution >= 0.6 is 11.3 Å². The molecule has 3 aromatic heterocycles. The maximum absolute atomic E-state index is 5.81. The summed E-state index contributed by atoms with van der Waals surface area (Å²) in [7, 11) is 3.75. The lowest BCUT2D eigenvalue weighted by Gasteiger charge is -2.48. The normalized spacial score (nSPS) is 17.0. The summed E-state index contributed by atoms with van der Waals surface area (Å²) in [4.78, 5) is 16.6. The first-order valence-electron chi connectivity index (χ1n) is 7.11. The minimum absolute atomic E-state index is 0.362. The molecule has 1 fully saturated rings. The number of nitrogens with zero attached hydrogens (tertiary/aromatic N) is 5. The SMILES string of the molecule is COC1(c2nccn2C)CN(c2ncnc3scc(C)c23)C1. The Kier molecular flexibility index (Phi) is 2.95. The van der Waals surface area contributed by atoms with E-state index in [0.717, 1.165) is 34.9 Å². The van der Waals surface area contributed by atoms with E-state index in [2.05, 4.69) is 32.2 Å². The van der Waals surface area contributed by atoms with Crippen LogP contribution in [0.3, 0.4) is 0 Å². The summed E-state index contributed by atoms with van der Waals surface area (Å²) >= 11 is 1.66. The molecule has 0 bridgehead atoms. The van der Waals surface area contributed by atoms with E-state index < -0.39 is 0 Å². The van der Waals surface area contributed by atoms with Gasteiger partial charge in [-0.05, 0) is 17.9 Å². The highest BCUT2D eigenvalue weighted by atomic mass is 32.1. The van der Waals surface area contributed by atoms with Crippen LogP contribution in [0.25, 0.3) is 10.2 Å². The van der Waals surface area contributed by atoms with Gasteiger partial charge in [-0.3, -0.25) is 0 Å². The van der Waals surface area contributed by atoms with Crippen molar-refractivity contribution >= 4 is 27.4 Å². The summed E-state index contributed by atoms with van der Waals surface area (Å²) < 4.78 is 7.83. The van der Waals surface area contributed by atoms with E-state index in [1.807, 2.05) is 24.0 Å². The number of aryl methyl sites for hydroxylation is 2. The zero-order chi connectivity index (χ0) is 15.3. The second-order valence-corrected chi connectivity index (χ2v) is 6.57. The summed E-state index contributed by atoms with van der Waals surface area (Å²) in [6, 6.07) is 0. The maximum atomic E-state index is 5.81. The van der Waals surface area contributed by atoms with Gasteiger partial charge < -0.3 is 14.2 Å². The van der Waals surface area contributed by atoms with Crippen molar-refractivity contribution in [3.05, 3.63) is 35.5 Å². The molecule has 0 unspecified atom stereocenters. The number of hydrogen-bond donors (Lipinski definition) is 0. The van der Waals surface area contributed by atoms with Crippen molar-refractivity contribution < 1.29 is 4.74 Å². The third-order valence-electron chi connectivity index (χ3n) is 4.35. The van der Waals surface area contributed by atoms with E-state index in [1.165, 1.54) is 5.56 Å². The average Bonchev–Trinajstić information content (AvgIpc) is 3.07. The summed E-state index contributed by atoms with van der Waals surface area (Å²) in [5.74, 6) is 1.95. The Balaban J connectivity index is 1.70. The number of hydrogen-bond acceptors (Lipinski definition) is 6. The van der Waals surface area contributed by atoms with Crippen LogP contribution in [0, 0.1) is 6.92 Å². The molecule has 22 heavy (non-hydrogen) atoms. The molecule has 3 aromatic rings. The van der Waals surface area contributed by atoms with Gasteiger partial charge in [-0.15, -0.1) is 11.3 Å². The molecule has 0 amide bonds. The lowest BCUT2D eigenvalue weighted by Crippen LogP contribution is -2.62. The number of methoxy groups -OCH3 is 1. The molecular formula is C15H17N5OS. The molecule has 4 rings (SSSR count). The first kappa shape index (κ1) is 13.7. The molecule has 0 aromatic carbocycles. The van der Waals surface area contributed by atoms with E-state index >= 15 is 0 Å². The third-order valence-corrected chi connectivity index (χ3v) is 5.35. The Morgan fingerprint density at radius 2 is 2.09 bits per heavy atom. The van der Waals surface area contributed by atoms with Crippen LogP contribution in [-0.2, 0) is 17.4 Å². The van der Waals surface area contributed by atoms with Crippen LogP contribution in [-0.4, -0.2) is 39.7 Å². The molecule has 1 aliphatic heterocycles. The molecular weight excluding hydrogens is 298 g/mol. The van der Waals surface area contributed by atoms with Gasteiger partial charge in [0, 0.05) is 26.6 Å². The van der Waals surface area contributed by atoms with Gasteiger partial charge in [-0.1, -0.05) is 0 Å². The molecule has 4 heterocycles. The van der Waals surface area contributed by atoms with Crippen LogP contribution in [0.5, 0.6) is 0 Å². The molecule has 0 N–H and O–H groups in total. The highest BCUT2D eigenvalue weighted by molar-refractivity contribution is 7.17. The van der Waals surface area contributed by atoms with Crippen LogP contribution < -0.4 is 4.90 Å². The smallest absolute Gasteiger partial charge is 0.160 e. The Morgan fingerprint density at radius 3 is 2.77 bits per heavy atom. The zero-order valence-corrected chi connectivity index (χ0v) is 13.6. The number of ether oxygens (including phenoxy) is 1. The molecule has 0 saturated carbocycles. The quantitative estimate of drug-likeness (QED) is 0.741. The minimum atomic E-state index is -0.362. The van der Waals surface area contributed by atoms with Crippen molar-refractivity contribution in [1.29, 1.82) is 0 Å². The van der Waals surface area contributed by atoms with Crippen molar-refractivity contribution in [2.75, 3.05) is 25.1 Å². The Bertz CT molecular complexity index is 833. The lowest BCUT2D eigenvalue weighted by molar-refractivity contribution is -0.0474. The summed E-state index contributed by atoms with van der Waals surface area (Å²) in [5, 5.41) is 3.28. The molecule has 114 valence electrons. The Labute approximate surface area is 132 Å². The number of imidazole rings is 1. The fourth-order valence-electron chi connectivity index (χ4n) is 3.12. The Morgan fingerprint density at radius 1 is 1.27 bits per heavy atom. The molecule has 0 aliphatic carbocycles. The summed E-state index contributed by atoms with van der Waals surface area (Å²) in [6.45, 7) is 3.60. The molecule has 0 atom stereocenters. The largest absolute Gasteiger partial charge is 0.367 e. The van der Waals surface area contributed by atoms with Crippen molar-refractivity contribution in [3.63, 3.8) is 0 Å². The third kappa shape index (κ3) is 1.79. The van der Waals surface area contributed by atoms with E-state index in [-0.39, 0.29) is 5.60 Å². The van der Waals surface area contributed by atoms with Crippen molar-refractivity contribution in [2.45, 2.75) is 12.5 Å². The van der Waals surface area contributed by atoms with Gasteiger partial charge in [0.25, 0.3) is 0 Å². The average molecular weight is 315 g/mol. The number of anilines is 1. The Hall–Kier alpha value is -1.99. The van der Waals surface area contributed by atoms with Gasteiger partial charge in [0.15, 0.2) is 5.60 Å². The van der Waals surface area contributed by atoms with E-state index in [9.17, 15) is 0 Å². The van der Waals surface area contributed by atoms with Crippen LogP contribution in [0.4, 0.5) is 5.82 Å². The number of rotatable bonds is 3. The first-order chi connectivity index (χ1) is 10.6. The lowest BCUT2D eigenvalue weighted by atomic mass is 9.92. The van der Waals surface area contributed by atoms with Gasteiger partial charge >= 0.3 is 0 Å². The second kappa shape index (κ2) is 4.76. The summed E-state index contributed by atoms with van der Waals surface area (Å²) in [6.07, 6.45) is 5.40. The predicted octanol–water partition coefficient (Wildman–Crippen LogP) is 2.10. The van der Waals surface area contributed by atoms with Gasteiger partial charge in [-0.25, -0.2) is 15.0 Å². The molecule has 6 nitrogen and oxygen atoms in total. The fourth-order valence-corrected chi connectivity index (χ4v) is 4.01. The van der Waals surface area contributed by atoms with Gasteiger partial charge in [0.1, 0.15) is 22.8 Å². The molecule has 0 spiro atoms. The monoisotopic (exact) mass is 315 g/mol. The zero-order valence-electron chi connectivity index (χ0n) is 12.8. The number of aromatic nitrogens is 4. The first-order valence-corrected chi connectivity index (χ1v) is 7.99. The highest BCUT2D eigenvalue weighted by Crippen LogP contribution is 2.40. The van der Waals surface area contributed by atoms with Crippen molar-refractivity contribution in [3.8, 4) is 0 Å². The standard InChI is InChI=1S/C15H17N5OS/c1-10-6-22-13-11(10)12(17-9-18-13)20-7-15(8-20,21-3)14-16-4-5-19(14)2/h4-6,9H,7-8H2,1-3H3. The fraction of sp³-hybridized carbons (Fsp3) is 0.400. The summed E-state index contributed by atoms with van der Waals surface area (Å²) in [5.41, 5.74) is 0.863. The van der Waals surface area contributed by atoms with Gasteiger partial charge in [-0.2, -0.15) is 0 Å². The number of thiophene rings is 1. The van der Waals surface area contributed by atoms with Crippen LogP contribution in [0.2, 0.25) is 0 Å². The number of fused-ring (bicyclic) bond motifs is 1. The van der Waals surface area contributed by atoms with Gasteiger partial charge in [0.05, 0.1) is 18.5 Å². The predicted molar refractivity (Wildman–Crippen MR) is 86.3 cm³/mol. The van der Waals surface area contributed by atoms with E-state index in [0.29, 0.717) is 0 Å². The van der Waals surface area contributed by atoms with E-state index in [1.54, 1.807) is 24.8 Å².